The molecule has 2 aromatic carbocycles. The highest BCUT2D eigenvalue weighted by Crippen LogP contribution is 2.26. The van der Waals surface area contributed by atoms with E-state index in [-0.39, 0.29) is 29.9 Å². The molecule has 30 heavy (non-hydrogen) atoms. The van der Waals surface area contributed by atoms with Crippen molar-refractivity contribution < 1.29 is 24.0 Å². The third kappa shape index (κ3) is 4.54. The van der Waals surface area contributed by atoms with Gasteiger partial charge >= 0.3 is 6.03 Å². The zero-order valence-corrected chi connectivity index (χ0v) is 16.2. The van der Waals surface area contributed by atoms with Crippen LogP contribution in [-0.2, 0) is 0 Å². The van der Waals surface area contributed by atoms with Crippen LogP contribution in [-0.4, -0.2) is 47.4 Å². The number of anilines is 1. The summed E-state index contributed by atoms with van der Waals surface area (Å²) >= 11 is 0. The first-order valence-electron chi connectivity index (χ1n) is 9.33. The van der Waals surface area contributed by atoms with E-state index >= 15 is 0 Å². The highest BCUT2D eigenvalue weighted by Gasteiger charge is 2.36. The molecule has 0 spiro atoms. The number of rotatable bonds is 8. The molecule has 0 saturated carbocycles. The summed E-state index contributed by atoms with van der Waals surface area (Å²) in [5.74, 6) is -0.365. The van der Waals surface area contributed by atoms with Crippen molar-refractivity contribution in [2.24, 2.45) is 0 Å². The lowest BCUT2D eigenvalue weighted by Gasteiger charge is -2.14. The Morgan fingerprint density at radius 1 is 1.10 bits per heavy atom. The number of nitrogens with one attached hydrogen (secondary N) is 2. The first-order chi connectivity index (χ1) is 14.4. The number of nitrogens with zero attached hydrogens (tertiary/aromatic N) is 2. The molecular formula is C20H20N4O6. The molecule has 2 N–H and O–H groups in total. The minimum Gasteiger partial charge on any atom is -0.494 e. The molecule has 0 saturated heterocycles. The van der Waals surface area contributed by atoms with Crippen molar-refractivity contribution in [3.05, 3.63) is 63.7 Å². The van der Waals surface area contributed by atoms with Crippen molar-refractivity contribution in [3.8, 4) is 5.75 Å². The van der Waals surface area contributed by atoms with Gasteiger partial charge in [-0.05, 0) is 43.7 Å². The highest BCUT2D eigenvalue weighted by molar-refractivity contribution is 6.21. The van der Waals surface area contributed by atoms with E-state index in [1.165, 1.54) is 12.1 Å². The molecule has 0 atom stereocenters. The van der Waals surface area contributed by atoms with Crippen LogP contribution in [0.1, 0.15) is 34.1 Å². The van der Waals surface area contributed by atoms with Crippen molar-refractivity contribution in [1.29, 1.82) is 0 Å². The van der Waals surface area contributed by atoms with Crippen LogP contribution in [0, 0.1) is 10.1 Å². The molecule has 0 fully saturated rings. The molecule has 3 rings (SSSR count). The van der Waals surface area contributed by atoms with Gasteiger partial charge in [0.2, 0.25) is 0 Å². The van der Waals surface area contributed by atoms with Gasteiger partial charge < -0.3 is 15.4 Å². The number of hydrogen-bond donors (Lipinski definition) is 2. The number of hydrogen-bond acceptors (Lipinski definition) is 6. The molecule has 10 heteroatoms. The molecule has 2 aromatic rings. The number of ether oxygens (including phenoxy) is 1. The van der Waals surface area contributed by atoms with Gasteiger partial charge in [0, 0.05) is 30.9 Å². The Labute approximate surface area is 172 Å². The molecule has 1 aliphatic rings. The Morgan fingerprint density at radius 3 is 2.47 bits per heavy atom. The molecule has 0 bridgehead atoms. The van der Waals surface area contributed by atoms with E-state index in [0.717, 1.165) is 11.0 Å². The maximum Gasteiger partial charge on any atom is 0.319 e. The van der Waals surface area contributed by atoms with Gasteiger partial charge in [0.05, 0.1) is 22.7 Å². The molecule has 4 amide bonds. The lowest BCUT2D eigenvalue weighted by molar-refractivity contribution is -0.384. The first-order valence-corrected chi connectivity index (χ1v) is 9.33. The van der Waals surface area contributed by atoms with E-state index in [2.05, 4.69) is 10.6 Å². The molecule has 1 aliphatic heterocycles. The van der Waals surface area contributed by atoms with Crippen LogP contribution in [0.5, 0.6) is 5.75 Å². The van der Waals surface area contributed by atoms with Gasteiger partial charge in [0.15, 0.2) is 0 Å². The predicted octanol–water partition coefficient (Wildman–Crippen LogP) is 2.80. The lowest BCUT2D eigenvalue weighted by Crippen LogP contribution is -2.35. The Balaban J connectivity index is 1.47. The maximum atomic E-state index is 12.4. The molecule has 0 radical (unpaired) electrons. The second kappa shape index (κ2) is 9.03. The Bertz CT molecular complexity index is 989. The molecule has 0 aliphatic carbocycles. The molecule has 156 valence electrons. The molecule has 0 unspecified atom stereocenters. The summed E-state index contributed by atoms with van der Waals surface area (Å²) in [6, 6.07) is 10.1. The number of nitro benzene ring substituents is 1. The number of carbonyl (C=O) groups excluding carboxylic acids is 3. The minimum absolute atomic E-state index is 0.0235. The van der Waals surface area contributed by atoms with Gasteiger partial charge in [0.1, 0.15) is 5.75 Å². The largest absolute Gasteiger partial charge is 0.494 e. The quantitative estimate of drug-likeness (QED) is 0.297. The number of urea groups is 1. The first kappa shape index (κ1) is 20.8. The average molecular weight is 412 g/mol. The number of amides is 4. The van der Waals surface area contributed by atoms with Gasteiger partial charge in [-0.2, -0.15) is 0 Å². The Morgan fingerprint density at radius 2 is 1.80 bits per heavy atom. The summed E-state index contributed by atoms with van der Waals surface area (Å²) in [7, 11) is 0. The summed E-state index contributed by atoms with van der Waals surface area (Å²) in [5.41, 5.74) is 0.518. The summed E-state index contributed by atoms with van der Waals surface area (Å²) in [4.78, 5) is 48.0. The van der Waals surface area contributed by atoms with Crippen LogP contribution in [0.2, 0.25) is 0 Å². The molecule has 0 aromatic heterocycles. The second-order valence-corrected chi connectivity index (χ2v) is 6.44. The van der Waals surface area contributed by atoms with E-state index in [4.69, 9.17) is 4.74 Å². The fraction of sp³-hybridized carbons (Fsp3) is 0.250. The van der Waals surface area contributed by atoms with Crippen LogP contribution in [0.3, 0.4) is 0 Å². The van der Waals surface area contributed by atoms with E-state index in [1.807, 2.05) is 6.92 Å². The summed E-state index contributed by atoms with van der Waals surface area (Å²) < 4.78 is 5.33. The summed E-state index contributed by atoms with van der Waals surface area (Å²) in [6.45, 7) is 2.75. The van der Waals surface area contributed by atoms with Crippen LogP contribution >= 0.6 is 0 Å². The van der Waals surface area contributed by atoms with Gasteiger partial charge in [-0.3, -0.25) is 24.6 Å². The number of benzene rings is 2. The third-order valence-corrected chi connectivity index (χ3v) is 4.43. The normalized spacial score (nSPS) is 12.5. The topological polar surface area (TPSA) is 131 Å². The molecule has 10 nitrogen and oxygen atoms in total. The summed E-state index contributed by atoms with van der Waals surface area (Å²) in [6.07, 6.45) is 0.338. The number of carbonyl (C=O) groups is 3. The van der Waals surface area contributed by atoms with E-state index in [9.17, 15) is 24.5 Å². The SMILES string of the molecule is CCOc1ccc(NC(=O)NCCCN2C(=O)c3ccc([N+](=O)[O-])cc3C2=O)cc1. The van der Waals surface area contributed by atoms with E-state index in [1.54, 1.807) is 24.3 Å². The van der Waals surface area contributed by atoms with Crippen LogP contribution in [0.15, 0.2) is 42.5 Å². The highest BCUT2D eigenvalue weighted by atomic mass is 16.6. The average Bonchev–Trinajstić information content (AvgIpc) is 2.97. The van der Waals surface area contributed by atoms with Crippen LogP contribution in [0.25, 0.3) is 0 Å². The fourth-order valence-corrected chi connectivity index (χ4v) is 3.01. The zero-order chi connectivity index (χ0) is 21.7. The van der Waals surface area contributed by atoms with Crippen molar-refractivity contribution >= 4 is 29.2 Å². The fourth-order valence-electron chi connectivity index (χ4n) is 3.01. The van der Waals surface area contributed by atoms with Crippen LogP contribution in [0.4, 0.5) is 16.2 Å². The summed E-state index contributed by atoms with van der Waals surface area (Å²) in [5, 5.41) is 16.2. The number of non-ortho nitro benzene ring substituents is 1. The predicted molar refractivity (Wildman–Crippen MR) is 108 cm³/mol. The minimum atomic E-state index is -0.617. The van der Waals surface area contributed by atoms with E-state index < -0.39 is 22.8 Å². The maximum absolute atomic E-state index is 12.4. The number of imide groups is 1. The molecular weight excluding hydrogens is 392 g/mol. The van der Waals surface area contributed by atoms with E-state index in [0.29, 0.717) is 24.5 Å². The van der Waals surface area contributed by atoms with Crippen molar-refractivity contribution in [2.45, 2.75) is 13.3 Å². The number of nitro groups is 1. The van der Waals surface area contributed by atoms with Gasteiger partial charge in [-0.15, -0.1) is 0 Å². The monoisotopic (exact) mass is 412 g/mol. The third-order valence-electron chi connectivity index (χ3n) is 4.43. The van der Waals surface area contributed by atoms with Gasteiger partial charge in [-0.25, -0.2) is 4.79 Å². The standard InChI is InChI=1S/C20H20N4O6/c1-2-30-15-7-4-13(5-8-15)22-20(27)21-10-3-11-23-18(25)16-9-6-14(24(28)29)12-17(16)19(23)26/h4-9,12H,2-3,10-11H2,1H3,(H2,21,22,27). The Kier molecular flexibility index (Phi) is 6.26. The molecule has 1 heterocycles. The number of fused-ring (bicyclic) bond motifs is 1. The van der Waals surface area contributed by atoms with Gasteiger partial charge in [0.25, 0.3) is 17.5 Å². The van der Waals surface area contributed by atoms with Crippen LogP contribution < -0.4 is 15.4 Å². The van der Waals surface area contributed by atoms with Gasteiger partial charge in [-0.1, -0.05) is 0 Å². The second-order valence-electron chi connectivity index (χ2n) is 6.44. The lowest BCUT2D eigenvalue weighted by atomic mass is 10.1. The van der Waals surface area contributed by atoms with Crippen molar-refractivity contribution in [2.75, 3.05) is 25.0 Å². The van der Waals surface area contributed by atoms with Crippen molar-refractivity contribution in [3.63, 3.8) is 0 Å². The zero-order valence-electron chi connectivity index (χ0n) is 16.2. The smallest absolute Gasteiger partial charge is 0.319 e. The van der Waals surface area contributed by atoms with Crippen molar-refractivity contribution in [1.82, 2.24) is 10.2 Å². The Hall–Kier alpha value is -3.95.